The van der Waals surface area contributed by atoms with Crippen molar-refractivity contribution in [3.63, 3.8) is 0 Å². The van der Waals surface area contributed by atoms with Crippen molar-refractivity contribution in [2.75, 3.05) is 0 Å². The number of aliphatic hydroxyl groups excluding tert-OH is 1. The van der Waals surface area contributed by atoms with Gasteiger partial charge >= 0.3 is 12.1 Å². The molecule has 0 aliphatic heterocycles. The second-order valence-electron chi connectivity index (χ2n) is 8.56. The van der Waals surface area contributed by atoms with Gasteiger partial charge in [0.25, 0.3) is 0 Å². The predicted molar refractivity (Wildman–Crippen MR) is 115 cm³/mol. The summed E-state index contributed by atoms with van der Waals surface area (Å²) in [7, 11) is 0. The van der Waals surface area contributed by atoms with Crippen molar-refractivity contribution in [2.24, 2.45) is 0 Å². The van der Waals surface area contributed by atoms with Gasteiger partial charge in [0.05, 0.1) is 6.10 Å². The largest absolute Gasteiger partial charge is 0.479 e. The summed E-state index contributed by atoms with van der Waals surface area (Å²) in [6.07, 6.45) is -0.857. The fourth-order valence-corrected chi connectivity index (χ4v) is 3.31. The van der Waals surface area contributed by atoms with Gasteiger partial charge in [0, 0.05) is 12.8 Å². The summed E-state index contributed by atoms with van der Waals surface area (Å²) in [5.41, 5.74) is -0.667. The van der Waals surface area contributed by atoms with Gasteiger partial charge in [-0.2, -0.15) is 0 Å². The Morgan fingerprint density at radius 1 is 0.967 bits per heavy atom. The van der Waals surface area contributed by atoms with Gasteiger partial charge in [-0.15, -0.1) is 0 Å². The van der Waals surface area contributed by atoms with Crippen molar-refractivity contribution in [3.05, 3.63) is 71.8 Å². The molecule has 0 aliphatic rings. The van der Waals surface area contributed by atoms with Crippen molar-refractivity contribution in [3.8, 4) is 0 Å². The molecule has 0 aliphatic carbocycles. The van der Waals surface area contributed by atoms with E-state index in [1.165, 1.54) is 0 Å². The summed E-state index contributed by atoms with van der Waals surface area (Å²) >= 11 is 0. The number of carbonyl (C=O) groups is 2. The third-order valence-electron chi connectivity index (χ3n) is 4.69. The number of amides is 1. The van der Waals surface area contributed by atoms with Crippen LogP contribution in [0.4, 0.5) is 4.79 Å². The molecule has 0 heterocycles. The van der Waals surface area contributed by atoms with Crippen molar-refractivity contribution in [2.45, 2.75) is 63.7 Å². The number of nitrogens with one attached hydrogen (secondary N) is 1. The van der Waals surface area contributed by atoms with E-state index >= 15 is 0 Å². The third kappa shape index (κ3) is 7.52. The van der Waals surface area contributed by atoms with Crippen LogP contribution in [-0.2, 0) is 22.4 Å². The predicted octanol–water partition coefficient (Wildman–Crippen LogP) is 3.96. The number of carboxylic acid groups (broad SMARTS) is 1. The third-order valence-corrected chi connectivity index (χ3v) is 4.69. The van der Waals surface area contributed by atoms with Crippen LogP contribution < -0.4 is 5.32 Å². The molecule has 3 N–H and O–H groups in total. The number of alkyl carbamates (subject to hydrolysis) is 1. The summed E-state index contributed by atoms with van der Waals surface area (Å²) in [6.45, 7) is 5.13. The number of aryl methyl sites for hydroxylation is 1. The van der Waals surface area contributed by atoms with Crippen LogP contribution in [0.3, 0.4) is 0 Å². The highest BCUT2D eigenvalue weighted by molar-refractivity contribution is 5.85. The first-order valence-corrected chi connectivity index (χ1v) is 10.1. The van der Waals surface area contributed by atoms with E-state index in [0.29, 0.717) is 12.8 Å². The number of carbonyl (C=O) groups excluding carboxylic acids is 1. The molecule has 0 radical (unpaired) electrons. The quantitative estimate of drug-likeness (QED) is 0.578. The molecule has 0 saturated heterocycles. The van der Waals surface area contributed by atoms with E-state index in [2.05, 4.69) is 5.32 Å². The van der Waals surface area contributed by atoms with E-state index in [-0.39, 0.29) is 12.8 Å². The molecule has 6 nitrogen and oxygen atoms in total. The van der Waals surface area contributed by atoms with Gasteiger partial charge < -0.3 is 20.3 Å². The molecule has 2 aromatic carbocycles. The Labute approximate surface area is 177 Å². The summed E-state index contributed by atoms with van der Waals surface area (Å²) < 4.78 is 5.30. The van der Waals surface area contributed by atoms with Gasteiger partial charge in [0.15, 0.2) is 0 Å². The van der Waals surface area contributed by atoms with E-state index in [9.17, 15) is 19.8 Å². The van der Waals surface area contributed by atoms with Crippen LogP contribution in [0, 0.1) is 0 Å². The zero-order chi connectivity index (χ0) is 22.2. The van der Waals surface area contributed by atoms with Crippen LogP contribution in [0.15, 0.2) is 60.7 Å². The van der Waals surface area contributed by atoms with Gasteiger partial charge in [-0.3, -0.25) is 0 Å². The van der Waals surface area contributed by atoms with Gasteiger partial charge in [0.2, 0.25) is 0 Å². The Bertz CT molecular complexity index is 816. The van der Waals surface area contributed by atoms with E-state index in [4.69, 9.17) is 4.74 Å². The number of aliphatic carboxylic acids is 1. The molecule has 0 unspecified atom stereocenters. The lowest BCUT2D eigenvalue weighted by atomic mass is 9.84. The Morgan fingerprint density at radius 2 is 1.50 bits per heavy atom. The molecule has 0 fully saturated rings. The Balaban J connectivity index is 2.20. The maximum Gasteiger partial charge on any atom is 0.408 e. The Morgan fingerprint density at radius 3 is 2.00 bits per heavy atom. The minimum absolute atomic E-state index is 0.0326. The fraction of sp³-hybridized carbons (Fsp3) is 0.417. The van der Waals surface area contributed by atoms with Crippen molar-refractivity contribution in [1.29, 1.82) is 0 Å². The van der Waals surface area contributed by atoms with Gasteiger partial charge in [-0.1, -0.05) is 60.7 Å². The Hall–Kier alpha value is -2.86. The highest BCUT2D eigenvalue weighted by Crippen LogP contribution is 2.24. The molecule has 0 bridgehead atoms. The van der Waals surface area contributed by atoms with E-state index < -0.39 is 29.3 Å². The van der Waals surface area contributed by atoms with Crippen LogP contribution in [0.5, 0.6) is 0 Å². The van der Waals surface area contributed by atoms with Crippen LogP contribution in [0.2, 0.25) is 0 Å². The number of hydrogen-bond acceptors (Lipinski definition) is 4. The number of ether oxygens (including phenoxy) is 1. The van der Waals surface area contributed by atoms with Crippen LogP contribution >= 0.6 is 0 Å². The van der Waals surface area contributed by atoms with Crippen molar-refractivity contribution >= 4 is 12.1 Å². The van der Waals surface area contributed by atoms with Gasteiger partial charge in [0.1, 0.15) is 11.1 Å². The number of carboxylic acids is 1. The molecule has 6 heteroatoms. The van der Waals surface area contributed by atoms with E-state index in [1.807, 2.05) is 36.4 Å². The Kier molecular flexibility index (Phi) is 8.00. The van der Waals surface area contributed by atoms with E-state index in [0.717, 1.165) is 11.1 Å². The van der Waals surface area contributed by atoms with Crippen LogP contribution in [0.1, 0.15) is 44.7 Å². The van der Waals surface area contributed by atoms with Crippen LogP contribution in [0.25, 0.3) is 0 Å². The monoisotopic (exact) mass is 413 g/mol. The fourth-order valence-electron chi connectivity index (χ4n) is 3.31. The van der Waals surface area contributed by atoms with E-state index in [1.54, 1.807) is 45.0 Å². The number of hydrogen-bond donors (Lipinski definition) is 3. The summed E-state index contributed by atoms with van der Waals surface area (Å²) in [4.78, 5) is 24.8. The van der Waals surface area contributed by atoms with Gasteiger partial charge in [-0.05, 0) is 44.7 Å². The average Bonchev–Trinajstić information content (AvgIpc) is 2.66. The molecule has 1 amide bonds. The SMILES string of the molecule is CC(C)(C)OC(=O)N[C@](Cc1ccccc1)(C[C@@H](O)CCc1ccccc1)C(=O)O. The molecule has 0 saturated carbocycles. The molecule has 2 atom stereocenters. The number of aliphatic hydroxyl groups is 1. The first-order chi connectivity index (χ1) is 14.1. The molecule has 0 aromatic heterocycles. The normalized spacial score (nSPS) is 14.4. The number of rotatable bonds is 9. The molecular formula is C24H31NO5. The maximum atomic E-state index is 12.5. The molecule has 162 valence electrons. The molecule has 2 aromatic rings. The smallest absolute Gasteiger partial charge is 0.408 e. The lowest BCUT2D eigenvalue weighted by Gasteiger charge is -2.33. The minimum atomic E-state index is -1.69. The van der Waals surface area contributed by atoms with Crippen molar-refractivity contribution < 1.29 is 24.5 Å². The molecular weight excluding hydrogens is 382 g/mol. The first kappa shape index (κ1) is 23.4. The average molecular weight is 414 g/mol. The minimum Gasteiger partial charge on any atom is -0.479 e. The lowest BCUT2D eigenvalue weighted by Crippen LogP contribution is -2.58. The lowest BCUT2D eigenvalue weighted by molar-refractivity contribution is -0.146. The topological polar surface area (TPSA) is 95.9 Å². The van der Waals surface area contributed by atoms with Gasteiger partial charge in [-0.25, -0.2) is 9.59 Å². The molecule has 2 rings (SSSR count). The van der Waals surface area contributed by atoms with Crippen molar-refractivity contribution in [1.82, 2.24) is 5.32 Å². The summed E-state index contributed by atoms with van der Waals surface area (Å²) in [6, 6.07) is 18.7. The van der Waals surface area contributed by atoms with Crippen LogP contribution in [-0.4, -0.2) is 39.5 Å². The highest BCUT2D eigenvalue weighted by Gasteiger charge is 2.43. The first-order valence-electron chi connectivity index (χ1n) is 10.1. The summed E-state index contributed by atoms with van der Waals surface area (Å²) in [5, 5.41) is 23.3. The molecule has 0 spiro atoms. The zero-order valence-corrected chi connectivity index (χ0v) is 17.8. The zero-order valence-electron chi connectivity index (χ0n) is 17.8. The second kappa shape index (κ2) is 10.3. The second-order valence-corrected chi connectivity index (χ2v) is 8.56. The highest BCUT2D eigenvalue weighted by atomic mass is 16.6. The maximum absolute atomic E-state index is 12.5. The molecule has 30 heavy (non-hydrogen) atoms. The summed E-state index contributed by atoms with van der Waals surface area (Å²) in [5.74, 6) is -1.21. The number of benzene rings is 2. The standard InChI is InChI=1S/C24H31NO5/c1-23(2,3)30-22(29)25-24(21(27)28,16-19-12-8-5-9-13-19)17-20(26)15-14-18-10-6-4-7-11-18/h4-13,20,26H,14-17H2,1-3H3,(H,25,29)(H,27,28)/t20-,24+/m0/s1.